The number of ether oxygens (including phenoxy) is 1. The minimum Gasteiger partial charge on any atom is -0.491 e. The largest absolute Gasteiger partial charge is 0.491 e. The van der Waals surface area contributed by atoms with Crippen LogP contribution in [0, 0.1) is 17.0 Å². The van der Waals surface area contributed by atoms with Crippen molar-refractivity contribution in [2.45, 2.75) is 38.5 Å². The lowest BCUT2D eigenvalue weighted by molar-refractivity contribution is -0.118. The van der Waals surface area contributed by atoms with Crippen LogP contribution in [-0.4, -0.2) is 19.6 Å². The van der Waals surface area contributed by atoms with Crippen molar-refractivity contribution in [2.75, 3.05) is 19.0 Å². The fourth-order valence-electron chi connectivity index (χ4n) is 3.13. The molecule has 0 spiro atoms. The molecule has 0 saturated heterocycles. The highest BCUT2D eigenvalue weighted by Gasteiger charge is 2.33. The van der Waals surface area contributed by atoms with Gasteiger partial charge in [-0.15, -0.1) is 12.4 Å². The molecule has 0 heterocycles. The van der Waals surface area contributed by atoms with Gasteiger partial charge in [0, 0.05) is 24.2 Å². The topological polar surface area (TPSA) is 64.3 Å². The van der Waals surface area contributed by atoms with Gasteiger partial charge in [0.25, 0.3) is 0 Å². The summed E-state index contributed by atoms with van der Waals surface area (Å²) in [5.41, 5.74) is 5.75. The number of rotatable bonds is 5. The minimum atomic E-state index is -0.844. The Morgan fingerprint density at radius 3 is 2.30 bits per heavy atom. The van der Waals surface area contributed by atoms with Crippen LogP contribution in [0.15, 0.2) is 12.1 Å². The first-order valence-electron chi connectivity index (χ1n) is 7.53. The van der Waals surface area contributed by atoms with E-state index in [9.17, 15) is 13.6 Å². The molecular formula is C16H23ClF2N2O2. The van der Waals surface area contributed by atoms with E-state index in [1.54, 1.807) is 0 Å². The Labute approximate surface area is 141 Å². The summed E-state index contributed by atoms with van der Waals surface area (Å²) in [7, 11) is 1.19. The van der Waals surface area contributed by atoms with Gasteiger partial charge in [-0.05, 0) is 24.8 Å². The number of carbonyl (C=O) groups excluding carboxylic acids is 1. The van der Waals surface area contributed by atoms with Crippen molar-refractivity contribution in [1.82, 2.24) is 0 Å². The number of amides is 1. The molecule has 0 atom stereocenters. The van der Waals surface area contributed by atoms with Crippen LogP contribution < -0.4 is 15.8 Å². The molecule has 1 aliphatic carbocycles. The Bertz CT molecular complexity index is 526. The second-order valence-corrected chi connectivity index (χ2v) is 5.96. The summed E-state index contributed by atoms with van der Waals surface area (Å²) < 4.78 is 31.9. The first-order chi connectivity index (χ1) is 10.5. The van der Waals surface area contributed by atoms with E-state index in [-0.39, 0.29) is 35.8 Å². The Balaban J connectivity index is 0.00000264. The Kier molecular flexibility index (Phi) is 7.22. The van der Waals surface area contributed by atoms with E-state index >= 15 is 0 Å². The van der Waals surface area contributed by atoms with Crippen LogP contribution in [0.25, 0.3) is 0 Å². The lowest BCUT2D eigenvalue weighted by Gasteiger charge is -2.35. The molecule has 0 unspecified atom stereocenters. The number of nitrogens with two attached hydrogens (primary N) is 1. The highest BCUT2D eigenvalue weighted by molar-refractivity contribution is 5.91. The van der Waals surface area contributed by atoms with Crippen molar-refractivity contribution < 1.29 is 18.3 Å². The lowest BCUT2D eigenvalue weighted by atomic mass is 9.71. The van der Waals surface area contributed by atoms with Crippen LogP contribution >= 0.6 is 12.4 Å². The summed E-state index contributed by atoms with van der Waals surface area (Å²) in [4.78, 5) is 12.2. The van der Waals surface area contributed by atoms with Gasteiger partial charge in [-0.25, -0.2) is 8.78 Å². The van der Waals surface area contributed by atoms with Gasteiger partial charge in [0.1, 0.15) is 0 Å². The molecule has 23 heavy (non-hydrogen) atoms. The smallest absolute Gasteiger partial charge is 0.224 e. The number of benzene rings is 1. The monoisotopic (exact) mass is 348 g/mol. The molecule has 1 fully saturated rings. The van der Waals surface area contributed by atoms with Crippen molar-refractivity contribution in [3.05, 3.63) is 23.8 Å². The molecule has 7 heteroatoms. The average molecular weight is 349 g/mol. The first-order valence-corrected chi connectivity index (χ1v) is 7.53. The fourth-order valence-corrected chi connectivity index (χ4v) is 3.13. The molecule has 0 radical (unpaired) electrons. The highest BCUT2D eigenvalue weighted by atomic mass is 35.5. The Morgan fingerprint density at radius 1 is 1.26 bits per heavy atom. The van der Waals surface area contributed by atoms with E-state index < -0.39 is 17.4 Å². The van der Waals surface area contributed by atoms with Gasteiger partial charge in [0.05, 0.1) is 7.11 Å². The summed E-state index contributed by atoms with van der Waals surface area (Å²) in [5, 5.41) is 2.55. The van der Waals surface area contributed by atoms with E-state index in [2.05, 4.69) is 10.1 Å². The number of carbonyl (C=O) groups is 1. The van der Waals surface area contributed by atoms with Crippen molar-refractivity contribution in [2.24, 2.45) is 11.1 Å². The van der Waals surface area contributed by atoms with Gasteiger partial charge in [0.2, 0.25) is 5.91 Å². The van der Waals surface area contributed by atoms with Crippen molar-refractivity contribution in [1.29, 1.82) is 0 Å². The van der Waals surface area contributed by atoms with Crippen molar-refractivity contribution in [3.63, 3.8) is 0 Å². The number of hydrogen-bond acceptors (Lipinski definition) is 3. The van der Waals surface area contributed by atoms with Crippen LogP contribution in [0.5, 0.6) is 5.75 Å². The Hall–Kier alpha value is -1.40. The van der Waals surface area contributed by atoms with Crippen LogP contribution in [0.3, 0.4) is 0 Å². The molecule has 0 bridgehead atoms. The van der Waals surface area contributed by atoms with Crippen LogP contribution in [0.4, 0.5) is 14.5 Å². The summed E-state index contributed by atoms with van der Waals surface area (Å²) in [6.07, 6.45) is 5.41. The number of halogens is 3. The predicted molar refractivity (Wildman–Crippen MR) is 88.0 cm³/mol. The Morgan fingerprint density at radius 2 is 1.83 bits per heavy atom. The quantitative estimate of drug-likeness (QED) is 0.854. The fraction of sp³-hybridized carbons (Fsp3) is 0.562. The van der Waals surface area contributed by atoms with Gasteiger partial charge in [-0.3, -0.25) is 4.79 Å². The maximum absolute atomic E-state index is 13.6. The molecule has 1 aromatic rings. The molecule has 1 aliphatic rings. The summed E-state index contributed by atoms with van der Waals surface area (Å²) in [6, 6.07) is 2.10. The molecule has 130 valence electrons. The van der Waals surface area contributed by atoms with Crippen LogP contribution in [0.1, 0.15) is 38.5 Å². The van der Waals surface area contributed by atoms with E-state index in [1.807, 2.05) is 0 Å². The molecular weight excluding hydrogens is 326 g/mol. The molecule has 1 saturated carbocycles. The second kappa shape index (κ2) is 8.45. The lowest BCUT2D eigenvalue weighted by Crippen LogP contribution is -2.36. The zero-order chi connectivity index (χ0) is 16.2. The van der Waals surface area contributed by atoms with Gasteiger partial charge >= 0.3 is 0 Å². The third-order valence-corrected chi connectivity index (χ3v) is 4.37. The average Bonchev–Trinajstić information content (AvgIpc) is 2.47. The molecule has 3 N–H and O–H groups in total. The third-order valence-electron chi connectivity index (χ3n) is 4.37. The molecule has 2 rings (SSSR count). The molecule has 0 aliphatic heterocycles. The number of hydrogen-bond donors (Lipinski definition) is 2. The van der Waals surface area contributed by atoms with E-state index in [0.717, 1.165) is 44.2 Å². The standard InChI is InChI=1S/C16H22F2N2O2.ClH/c1-22-15-12(17)7-11(8-13(15)18)20-14(21)9-16(10-19)5-3-2-4-6-16;/h7-8H,2-6,9-10,19H2,1H3,(H,20,21);1H. The molecule has 1 aromatic carbocycles. The second-order valence-electron chi connectivity index (χ2n) is 5.96. The zero-order valence-electron chi connectivity index (χ0n) is 13.2. The summed E-state index contributed by atoms with van der Waals surface area (Å²) in [5.74, 6) is -2.41. The van der Waals surface area contributed by atoms with Gasteiger partial charge in [0.15, 0.2) is 17.4 Å². The minimum absolute atomic E-state index is 0. The SMILES string of the molecule is COc1c(F)cc(NC(=O)CC2(CN)CCCCC2)cc1F.Cl. The van der Waals surface area contributed by atoms with Crippen molar-refractivity contribution >= 4 is 24.0 Å². The van der Waals surface area contributed by atoms with E-state index in [4.69, 9.17) is 5.73 Å². The maximum Gasteiger partial charge on any atom is 0.224 e. The normalized spacial score (nSPS) is 16.3. The van der Waals surface area contributed by atoms with Gasteiger partial charge in [-0.1, -0.05) is 19.3 Å². The van der Waals surface area contributed by atoms with Gasteiger partial charge in [-0.2, -0.15) is 0 Å². The number of anilines is 1. The van der Waals surface area contributed by atoms with Gasteiger partial charge < -0.3 is 15.8 Å². The summed E-state index contributed by atoms with van der Waals surface area (Å²) >= 11 is 0. The molecule has 4 nitrogen and oxygen atoms in total. The van der Waals surface area contributed by atoms with Crippen LogP contribution in [-0.2, 0) is 4.79 Å². The highest BCUT2D eigenvalue weighted by Crippen LogP contribution is 2.38. The zero-order valence-corrected chi connectivity index (χ0v) is 14.0. The third kappa shape index (κ3) is 4.78. The van der Waals surface area contributed by atoms with E-state index in [0.29, 0.717) is 6.54 Å². The maximum atomic E-state index is 13.6. The molecule has 1 amide bonds. The summed E-state index contributed by atoms with van der Waals surface area (Å²) in [6.45, 7) is 0.450. The predicted octanol–water partition coefficient (Wildman–Crippen LogP) is 3.63. The van der Waals surface area contributed by atoms with E-state index in [1.165, 1.54) is 7.11 Å². The van der Waals surface area contributed by atoms with Crippen molar-refractivity contribution in [3.8, 4) is 5.75 Å². The first kappa shape index (κ1) is 19.6. The van der Waals surface area contributed by atoms with Crippen LogP contribution in [0.2, 0.25) is 0 Å². The molecule has 0 aromatic heterocycles. The number of methoxy groups -OCH3 is 1. The number of nitrogens with one attached hydrogen (secondary N) is 1.